The molecular formula is C23H36KNO4. The fourth-order valence-corrected chi connectivity index (χ4v) is 3.20. The van der Waals surface area contributed by atoms with Crippen LogP contribution >= 0.6 is 0 Å². The van der Waals surface area contributed by atoms with Crippen LogP contribution in [0.1, 0.15) is 90.9 Å². The van der Waals surface area contributed by atoms with Crippen molar-refractivity contribution < 1.29 is 72.6 Å². The van der Waals surface area contributed by atoms with Crippen molar-refractivity contribution in [2.75, 3.05) is 0 Å². The van der Waals surface area contributed by atoms with Crippen molar-refractivity contribution in [3.05, 3.63) is 29.8 Å². The smallest absolute Gasteiger partial charge is 0.548 e. The molecule has 1 rings (SSSR count). The SMILES string of the molecule is [2H]CCCCCCCCCCCCCC(=O)N[C@@H](Cc1ccc(O)cc1)C(=O)[O-].[K+]. The number of nitrogens with one attached hydrogen (secondary N) is 1. The van der Waals surface area contributed by atoms with Gasteiger partial charge in [0.25, 0.3) is 0 Å². The van der Waals surface area contributed by atoms with E-state index in [0.717, 1.165) is 25.7 Å². The summed E-state index contributed by atoms with van der Waals surface area (Å²) in [6.45, 7) is 0.546. The zero-order chi connectivity index (χ0) is 21.3. The predicted molar refractivity (Wildman–Crippen MR) is 110 cm³/mol. The maximum absolute atomic E-state index is 12.0. The number of unbranched alkanes of at least 4 members (excludes halogenated alkanes) is 10. The Balaban J connectivity index is 0.00000841. The van der Waals surface area contributed by atoms with Gasteiger partial charge in [-0.3, -0.25) is 4.79 Å². The van der Waals surface area contributed by atoms with E-state index in [1.165, 1.54) is 57.1 Å². The Morgan fingerprint density at radius 2 is 1.48 bits per heavy atom. The van der Waals surface area contributed by atoms with Crippen LogP contribution in [0.3, 0.4) is 0 Å². The van der Waals surface area contributed by atoms with Crippen molar-refractivity contribution in [3.8, 4) is 5.75 Å². The van der Waals surface area contributed by atoms with Crippen LogP contribution in [-0.2, 0) is 16.0 Å². The van der Waals surface area contributed by atoms with Gasteiger partial charge in [-0.1, -0.05) is 83.2 Å². The Bertz CT molecular complexity index is 583. The molecule has 0 aromatic heterocycles. The average Bonchev–Trinajstić information content (AvgIpc) is 2.70. The van der Waals surface area contributed by atoms with Gasteiger partial charge in [-0.2, -0.15) is 0 Å². The molecule has 1 amide bonds. The van der Waals surface area contributed by atoms with Crippen molar-refractivity contribution in [1.82, 2.24) is 5.32 Å². The standard InChI is InChI=1S/C23H37NO4.K/c1-2-3-4-5-6-7-8-9-10-11-12-13-22(26)24-21(23(27)28)18-19-14-16-20(25)17-15-19;/h14-17,21,25H,2-13,18H2,1H3,(H,24,26)(H,27,28);/q;+1/p-1/t21-;/m0./s1/i1D;. The van der Waals surface area contributed by atoms with Gasteiger partial charge in [0.1, 0.15) is 5.75 Å². The van der Waals surface area contributed by atoms with Crippen molar-refractivity contribution in [2.24, 2.45) is 0 Å². The summed E-state index contributed by atoms with van der Waals surface area (Å²) in [5.74, 6) is -1.44. The molecule has 0 unspecified atom stereocenters. The van der Waals surface area contributed by atoms with Gasteiger partial charge in [-0.25, -0.2) is 0 Å². The van der Waals surface area contributed by atoms with Gasteiger partial charge in [0, 0.05) is 7.79 Å². The number of carboxylic acids is 1. The first-order valence-electron chi connectivity index (χ1n) is 11.3. The molecule has 1 aromatic carbocycles. The first kappa shape index (κ1) is 26.6. The van der Waals surface area contributed by atoms with Gasteiger partial charge in [-0.05, 0) is 30.5 Å². The molecule has 29 heavy (non-hydrogen) atoms. The number of aromatic hydroxyl groups is 1. The molecule has 0 fully saturated rings. The number of carbonyl (C=O) groups is 2. The molecular weight excluding hydrogens is 393 g/mol. The summed E-state index contributed by atoms with van der Waals surface area (Å²) in [4.78, 5) is 23.3. The third-order valence-corrected chi connectivity index (χ3v) is 4.90. The van der Waals surface area contributed by atoms with E-state index >= 15 is 0 Å². The Labute approximate surface area is 219 Å². The fourth-order valence-electron chi connectivity index (χ4n) is 3.20. The first-order chi connectivity index (χ1) is 14.0. The maximum atomic E-state index is 12.0. The average molecular weight is 431 g/mol. The molecule has 0 radical (unpaired) electrons. The molecule has 1 aromatic rings. The molecule has 0 saturated carbocycles. The minimum absolute atomic E-state index is 0. The zero-order valence-electron chi connectivity index (χ0n) is 19.0. The number of amides is 1. The molecule has 0 aliphatic rings. The number of phenolic OH excluding ortho intramolecular Hbond substituents is 1. The third-order valence-electron chi connectivity index (χ3n) is 4.90. The van der Waals surface area contributed by atoms with Crippen molar-refractivity contribution in [3.63, 3.8) is 0 Å². The van der Waals surface area contributed by atoms with Crippen LogP contribution in [0, 0.1) is 0 Å². The Morgan fingerprint density at radius 3 is 2.00 bits per heavy atom. The van der Waals surface area contributed by atoms with Crippen LogP contribution in [0.15, 0.2) is 24.3 Å². The number of hydrogen-bond donors (Lipinski definition) is 2. The Hall–Kier alpha value is -0.404. The quantitative estimate of drug-likeness (QED) is 0.301. The summed E-state index contributed by atoms with van der Waals surface area (Å²) in [7, 11) is 0. The summed E-state index contributed by atoms with van der Waals surface area (Å²) in [6.07, 6.45) is 12.9. The van der Waals surface area contributed by atoms with E-state index in [1.54, 1.807) is 12.1 Å². The van der Waals surface area contributed by atoms with Crippen molar-refractivity contribution in [2.45, 2.75) is 96.4 Å². The topological polar surface area (TPSA) is 89.5 Å². The van der Waals surface area contributed by atoms with E-state index < -0.39 is 12.0 Å². The number of carbonyl (C=O) groups excluding carboxylic acids is 2. The molecule has 0 spiro atoms. The van der Waals surface area contributed by atoms with Gasteiger partial charge in [0.2, 0.25) is 5.91 Å². The number of benzene rings is 1. The summed E-state index contributed by atoms with van der Waals surface area (Å²) < 4.78 is 7.10. The fraction of sp³-hybridized carbons (Fsp3) is 0.652. The molecule has 6 heteroatoms. The van der Waals surface area contributed by atoms with Gasteiger partial charge in [0.15, 0.2) is 0 Å². The van der Waals surface area contributed by atoms with E-state index in [9.17, 15) is 19.8 Å². The van der Waals surface area contributed by atoms with Crippen LogP contribution in [-0.4, -0.2) is 23.0 Å². The van der Waals surface area contributed by atoms with Gasteiger partial charge in [0.05, 0.1) is 12.0 Å². The molecule has 0 aliphatic carbocycles. The summed E-state index contributed by atoms with van der Waals surface area (Å²) in [6, 6.07) is 5.18. The summed E-state index contributed by atoms with van der Waals surface area (Å²) >= 11 is 0. The zero-order valence-corrected chi connectivity index (χ0v) is 21.1. The Kier molecular flexibility index (Phi) is 16.9. The monoisotopic (exact) mass is 430 g/mol. The van der Waals surface area contributed by atoms with E-state index in [2.05, 4.69) is 5.32 Å². The normalized spacial score (nSPS) is 11.9. The number of hydrogen-bond acceptors (Lipinski definition) is 4. The van der Waals surface area contributed by atoms with Gasteiger partial charge >= 0.3 is 51.4 Å². The van der Waals surface area contributed by atoms with Crippen LogP contribution in [0.25, 0.3) is 0 Å². The van der Waals surface area contributed by atoms with Gasteiger partial charge < -0.3 is 20.3 Å². The predicted octanol–water partition coefficient (Wildman–Crippen LogP) is 0.875. The number of carboxylic acid groups (broad SMARTS) is 1. The molecule has 0 saturated heterocycles. The first-order valence-corrected chi connectivity index (χ1v) is 10.6. The third kappa shape index (κ3) is 15.1. The summed E-state index contributed by atoms with van der Waals surface area (Å²) in [5.41, 5.74) is 0.716. The van der Waals surface area contributed by atoms with Crippen LogP contribution < -0.4 is 61.8 Å². The number of phenols is 1. The molecule has 1 atom stereocenters. The molecule has 2 N–H and O–H groups in total. The van der Waals surface area contributed by atoms with Crippen molar-refractivity contribution >= 4 is 11.9 Å². The largest absolute Gasteiger partial charge is 1.00 e. The number of rotatable bonds is 16. The second-order valence-electron chi connectivity index (χ2n) is 7.45. The van der Waals surface area contributed by atoms with E-state index in [-0.39, 0.29) is 69.5 Å². The summed E-state index contributed by atoms with van der Waals surface area (Å²) in [5, 5.41) is 23.1. The van der Waals surface area contributed by atoms with E-state index in [4.69, 9.17) is 1.37 Å². The minimum atomic E-state index is -1.30. The second kappa shape index (κ2) is 18.4. The molecule has 0 bridgehead atoms. The number of aliphatic carboxylic acids is 1. The molecule has 5 nitrogen and oxygen atoms in total. The van der Waals surface area contributed by atoms with Crippen LogP contribution in [0.2, 0.25) is 0 Å². The minimum Gasteiger partial charge on any atom is -0.548 e. The molecule has 0 heterocycles. The van der Waals surface area contributed by atoms with E-state index in [0.29, 0.717) is 18.9 Å². The maximum Gasteiger partial charge on any atom is 1.00 e. The Morgan fingerprint density at radius 1 is 0.966 bits per heavy atom. The molecule has 158 valence electrons. The van der Waals surface area contributed by atoms with Gasteiger partial charge in [-0.15, -0.1) is 0 Å². The van der Waals surface area contributed by atoms with Crippen LogP contribution in [0.4, 0.5) is 0 Å². The second-order valence-corrected chi connectivity index (χ2v) is 7.45. The van der Waals surface area contributed by atoms with Crippen molar-refractivity contribution in [1.29, 1.82) is 0 Å². The molecule has 0 aliphatic heterocycles. The van der Waals surface area contributed by atoms with Crippen LogP contribution in [0.5, 0.6) is 5.75 Å². The van der Waals surface area contributed by atoms with E-state index in [1.807, 2.05) is 0 Å².